The number of aliphatic hydroxyl groups is 3. The van der Waals surface area contributed by atoms with Crippen LogP contribution in [0.1, 0.15) is 5.56 Å². The number of hydroxylamine groups is 1. The minimum Gasteiger partial charge on any atom is -0.505 e. The van der Waals surface area contributed by atoms with Crippen molar-refractivity contribution >= 4 is 28.8 Å². The standard InChI is InChI=1S/C9H9NO8.Al.3H/c11-3-1-2(5(13)7(15)6(3)14)10(18)9(17)8(16)4(1)12;;;;/h9,11-18H;;;;. The second kappa shape index (κ2) is 4.60. The van der Waals surface area contributed by atoms with Crippen molar-refractivity contribution < 1.29 is 41.0 Å². The lowest BCUT2D eigenvalue weighted by Crippen LogP contribution is -2.37. The van der Waals surface area contributed by atoms with E-state index in [4.69, 9.17) is 0 Å². The molecular weight excluding hydrogens is 277 g/mol. The molecule has 0 saturated heterocycles. The second-order valence-corrected chi connectivity index (χ2v) is 3.57. The number of phenols is 4. The van der Waals surface area contributed by atoms with E-state index >= 15 is 0 Å². The fourth-order valence-corrected chi connectivity index (χ4v) is 1.62. The highest BCUT2D eigenvalue weighted by Crippen LogP contribution is 2.55. The summed E-state index contributed by atoms with van der Waals surface area (Å²) >= 11 is 0. The highest BCUT2D eigenvalue weighted by atomic mass is 27.0. The van der Waals surface area contributed by atoms with Crippen LogP contribution in [0.3, 0.4) is 0 Å². The number of hydrogen-bond donors (Lipinski definition) is 8. The number of hydrogen-bond acceptors (Lipinski definition) is 9. The lowest BCUT2D eigenvalue weighted by Gasteiger charge is -2.30. The molecule has 1 aliphatic heterocycles. The Hall–Kier alpha value is -1.99. The maximum absolute atomic E-state index is 9.51. The average Bonchev–Trinajstić information content (AvgIpc) is 2.35. The normalized spacial score (nSPS) is 18.0. The van der Waals surface area contributed by atoms with Crippen molar-refractivity contribution in [1.82, 2.24) is 0 Å². The molecule has 0 saturated carbocycles. The van der Waals surface area contributed by atoms with Gasteiger partial charge in [-0.25, -0.2) is 5.06 Å². The Bertz CT molecular complexity index is 572. The smallest absolute Gasteiger partial charge is 0.213 e. The zero-order valence-electron chi connectivity index (χ0n) is 8.60. The zero-order chi connectivity index (χ0) is 13.8. The van der Waals surface area contributed by atoms with Gasteiger partial charge >= 0.3 is 0 Å². The molecule has 1 aliphatic rings. The van der Waals surface area contributed by atoms with Gasteiger partial charge in [0.15, 0.2) is 40.4 Å². The minimum atomic E-state index is -2.10. The molecular formula is C9H12AlNO8. The molecule has 1 unspecified atom stereocenters. The average molecular weight is 289 g/mol. The first-order valence-corrected chi connectivity index (χ1v) is 4.57. The van der Waals surface area contributed by atoms with E-state index in [2.05, 4.69) is 0 Å². The Labute approximate surface area is 116 Å². The Morgan fingerprint density at radius 3 is 1.79 bits per heavy atom. The summed E-state index contributed by atoms with van der Waals surface area (Å²) in [5.41, 5.74) is -1.52. The molecule has 0 radical (unpaired) electrons. The van der Waals surface area contributed by atoms with Gasteiger partial charge in [0.25, 0.3) is 0 Å². The molecule has 2 rings (SSSR count). The third-order valence-corrected chi connectivity index (χ3v) is 2.56. The number of aromatic hydroxyl groups is 4. The van der Waals surface area contributed by atoms with Crippen LogP contribution in [0.2, 0.25) is 0 Å². The first-order valence-electron chi connectivity index (χ1n) is 4.57. The monoisotopic (exact) mass is 289 g/mol. The van der Waals surface area contributed by atoms with Crippen molar-refractivity contribution in [3.8, 4) is 23.0 Å². The van der Waals surface area contributed by atoms with E-state index in [0.29, 0.717) is 0 Å². The van der Waals surface area contributed by atoms with Gasteiger partial charge in [0.05, 0.1) is 5.56 Å². The minimum absolute atomic E-state index is 0. The van der Waals surface area contributed by atoms with Crippen molar-refractivity contribution in [2.24, 2.45) is 0 Å². The van der Waals surface area contributed by atoms with Crippen molar-refractivity contribution in [1.29, 1.82) is 0 Å². The maximum atomic E-state index is 9.51. The number of phenolic OH excluding ortho intramolecular Hbond substituents is 4. The van der Waals surface area contributed by atoms with Gasteiger partial charge < -0.3 is 35.7 Å². The highest BCUT2D eigenvalue weighted by Gasteiger charge is 2.39. The van der Waals surface area contributed by atoms with Crippen molar-refractivity contribution in [3.05, 3.63) is 11.3 Å². The Balaban J connectivity index is 0.00000180. The van der Waals surface area contributed by atoms with Crippen LogP contribution in [0, 0.1) is 0 Å². The molecule has 1 aromatic rings. The zero-order valence-corrected chi connectivity index (χ0v) is 8.60. The summed E-state index contributed by atoms with van der Waals surface area (Å²) in [7, 11) is 0. The van der Waals surface area contributed by atoms with E-state index in [1.165, 1.54) is 0 Å². The molecule has 0 aromatic heterocycles. The van der Waals surface area contributed by atoms with Crippen LogP contribution < -0.4 is 5.06 Å². The van der Waals surface area contributed by atoms with Crippen LogP contribution in [0.25, 0.3) is 5.76 Å². The molecule has 104 valence electrons. The number of rotatable bonds is 0. The van der Waals surface area contributed by atoms with E-state index in [1.54, 1.807) is 0 Å². The fraction of sp³-hybridized carbons (Fsp3) is 0.111. The number of fused-ring (bicyclic) bond motifs is 1. The molecule has 10 heteroatoms. The number of anilines is 1. The van der Waals surface area contributed by atoms with Crippen LogP contribution in [0.15, 0.2) is 5.76 Å². The Morgan fingerprint density at radius 2 is 1.26 bits per heavy atom. The molecule has 0 aliphatic carbocycles. The molecule has 0 bridgehead atoms. The molecule has 8 N–H and O–H groups in total. The van der Waals surface area contributed by atoms with Crippen LogP contribution in [0.5, 0.6) is 23.0 Å². The predicted molar refractivity (Wildman–Crippen MR) is 65.5 cm³/mol. The van der Waals surface area contributed by atoms with Gasteiger partial charge in [-0.2, -0.15) is 0 Å². The summed E-state index contributed by atoms with van der Waals surface area (Å²) in [6, 6.07) is 0. The topological polar surface area (TPSA) is 165 Å². The van der Waals surface area contributed by atoms with E-state index in [0.717, 1.165) is 0 Å². The second-order valence-electron chi connectivity index (χ2n) is 3.57. The van der Waals surface area contributed by atoms with E-state index in [1.807, 2.05) is 0 Å². The number of nitrogens with zero attached hydrogens (tertiary/aromatic N) is 1. The molecule has 1 aromatic carbocycles. The lowest BCUT2D eigenvalue weighted by molar-refractivity contribution is 0.0551. The first-order chi connectivity index (χ1) is 8.29. The van der Waals surface area contributed by atoms with Crippen LogP contribution in [-0.4, -0.2) is 64.5 Å². The van der Waals surface area contributed by atoms with Gasteiger partial charge in [0.1, 0.15) is 5.69 Å². The van der Waals surface area contributed by atoms with Crippen molar-refractivity contribution in [2.45, 2.75) is 6.23 Å². The van der Waals surface area contributed by atoms with Gasteiger partial charge in [-0.3, -0.25) is 5.21 Å². The van der Waals surface area contributed by atoms with Gasteiger partial charge in [0.2, 0.25) is 17.7 Å². The van der Waals surface area contributed by atoms with Gasteiger partial charge in [-0.05, 0) is 0 Å². The number of benzene rings is 1. The fourth-order valence-electron chi connectivity index (χ4n) is 1.62. The third-order valence-electron chi connectivity index (χ3n) is 2.56. The molecule has 0 amide bonds. The summed E-state index contributed by atoms with van der Waals surface area (Å²) in [4.78, 5) is 0. The summed E-state index contributed by atoms with van der Waals surface area (Å²) in [6.45, 7) is 0. The van der Waals surface area contributed by atoms with Crippen LogP contribution >= 0.6 is 0 Å². The van der Waals surface area contributed by atoms with Crippen molar-refractivity contribution in [3.63, 3.8) is 0 Å². The largest absolute Gasteiger partial charge is 0.505 e. The van der Waals surface area contributed by atoms with Crippen molar-refractivity contribution in [2.75, 3.05) is 5.06 Å². The Kier molecular flexibility index (Phi) is 3.65. The first kappa shape index (κ1) is 15.1. The molecule has 9 nitrogen and oxygen atoms in total. The van der Waals surface area contributed by atoms with Gasteiger partial charge in [-0.1, -0.05) is 0 Å². The van der Waals surface area contributed by atoms with Gasteiger partial charge in [-0.15, -0.1) is 0 Å². The van der Waals surface area contributed by atoms with E-state index in [-0.39, 0.29) is 22.4 Å². The molecule has 0 spiro atoms. The summed E-state index contributed by atoms with van der Waals surface area (Å²) < 4.78 is 0. The lowest BCUT2D eigenvalue weighted by atomic mass is 10.0. The summed E-state index contributed by atoms with van der Waals surface area (Å²) in [6.07, 6.45) is -2.10. The summed E-state index contributed by atoms with van der Waals surface area (Å²) in [5.74, 6) is -6.67. The predicted octanol–water partition coefficient (Wildman–Crippen LogP) is -1.36. The molecule has 1 atom stereocenters. The summed E-state index contributed by atoms with van der Waals surface area (Å²) in [5, 5.41) is 75.0. The quantitative estimate of drug-likeness (QED) is 0.163. The van der Waals surface area contributed by atoms with Crippen LogP contribution in [0.4, 0.5) is 5.69 Å². The SMILES string of the molecule is OC1=C(O)C(O)N(O)c2c(O)c(O)c(O)c(O)c21.[AlH3]. The third kappa shape index (κ3) is 1.78. The molecule has 19 heavy (non-hydrogen) atoms. The highest BCUT2D eigenvalue weighted by molar-refractivity contribution is 5.89. The number of aliphatic hydroxyl groups excluding tert-OH is 3. The van der Waals surface area contributed by atoms with E-state index < -0.39 is 52.0 Å². The molecule has 1 heterocycles. The van der Waals surface area contributed by atoms with E-state index in [9.17, 15) is 41.0 Å². The molecule has 0 fully saturated rings. The van der Waals surface area contributed by atoms with Crippen LogP contribution in [-0.2, 0) is 0 Å². The van der Waals surface area contributed by atoms with Gasteiger partial charge in [0, 0.05) is 0 Å². The maximum Gasteiger partial charge on any atom is 0.213 e. The Morgan fingerprint density at radius 1 is 0.789 bits per heavy atom.